The maximum absolute atomic E-state index is 11.9. The zero-order valence-corrected chi connectivity index (χ0v) is 13.0. The van der Waals surface area contributed by atoms with Crippen LogP contribution in [-0.4, -0.2) is 42.6 Å². The number of hydrogen-bond acceptors (Lipinski definition) is 5. The third kappa shape index (κ3) is 6.18. The van der Waals surface area contributed by atoms with Gasteiger partial charge in [0.05, 0.1) is 6.61 Å². The van der Waals surface area contributed by atoms with Crippen LogP contribution in [0.25, 0.3) is 0 Å². The van der Waals surface area contributed by atoms with E-state index >= 15 is 0 Å². The Balaban J connectivity index is 2.80. The van der Waals surface area contributed by atoms with Crippen LogP contribution in [0.15, 0.2) is 5.16 Å². The summed E-state index contributed by atoms with van der Waals surface area (Å²) in [5.74, 6) is 0.290. The molecule has 0 saturated carbocycles. The van der Waals surface area contributed by atoms with Gasteiger partial charge in [0.25, 0.3) is 14.2 Å². The molecule has 0 atom stereocenters. The molecule has 0 saturated heterocycles. The fourth-order valence-corrected chi connectivity index (χ4v) is 2.51. The van der Waals surface area contributed by atoms with Crippen LogP contribution in [-0.2, 0) is 26.8 Å². The lowest BCUT2D eigenvalue weighted by Crippen LogP contribution is -2.19. The Hall–Kier alpha value is -0.870. The van der Waals surface area contributed by atoms with Crippen LogP contribution in [0.3, 0.4) is 0 Å². The molecule has 0 fully saturated rings. The third-order valence-electron chi connectivity index (χ3n) is 2.29. The zero-order chi connectivity index (χ0) is 16.3. The normalized spacial score (nSPS) is 13.1. The van der Waals surface area contributed by atoms with Crippen LogP contribution in [0, 0.1) is 5.92 Å². The number of halogens is 4. The molecule has 0 aliphatic carbocycles. The van der Waals surface area contributed by atoms with Gasteiger partial charge in [-0.1, -0.05) is 13.8 Å². The van der Waals surface area contributed by atoms with Crippen molar-refractivity contribution in [3.63, 3.8) is 0 Å². The molecule has 0 aliphatic heterocycles. The van der Waals surface area contributed by atoms with Gasteiger partial charge in [-0.25, -0.2) is 8.42 Å². The van der Waals surface area contributed by atoms with Crippen LogP contribution >= 0.6 is 10.7 Å². The van der Waals surface area contributed by atoms with E-state index in [1.807, 2.05) is 13.8 Å². The predicted molar refractivity (Wildman–Crippen MR) is 68.5 cm³/mol. The smallest absolute Gasteiger partial charge is 0.372 e. The van der Waals surface area contributed by atoms with Crippen LogP contribution in [0.1, 0.15) is 19.7 Å². The highest BCUT2D eigenvalue weighted by molar-refractivity contribution is 8.13. The van der Waals surface area contributed by atoms with E-state index in [0.29, 0.717) is 0 Å². The molecule has 6 nitrogen and oxygen atoms in total. The lowest BCUT2D eigenvalue weighted by atomic mass is 10.2. The average Bonchev–Trinajstić information content (AvgIpc) is 2.65. The number of nitrogens with zero attached hydrogens (tertiary/aromatic N) is 3. The number of hydrogen-bond donors (Lipinski definition) is 0. The van der Waals surface area contributed by atoms with Crippen molar-refractivity contribution in [1.82, 2.24) is 14.8 Å². The van der Waals surface area contributed by atoms with Crippen LogP contribution in [0.5, 0.6) is 0 Å². The molecule has 0 amide bonds. The molecule has 0 spiro atoms. The topological polar surface area (TPSA) is 74.1 Å². The molecule has 0 unspecified atom stereocenters. The largest absolute Gasteiger partial charge is 0.411 e. The minimum absolute atomic E-state index is 0.00219. The van der Waals surface area contributed by atoms with E-state index < -0.39 is 27.0 Å². The highest BCUT2D eigenvalue weighted by Crippen LogP contribution is 2.17. The van der Waals surface area contributed by atoms with E-state index in [4.69, 9.17) is 10.7 Å². The minimum Gasteiger partial charge on any atom is -0.372 e. The Morgan fingerprint density at radius 2 is 1.95 bits per heavy atom. The quantitative estimate of drug-likeness (QED) is 0.556. The van der Waals surface area contributed by atoms with Gasteiger partial charge in [-0.3, -0.25) is 0 Å². The molecule has 0 radical (unpaired) electrons. The van der Waals surface area contributed by atoms with Gasteiger partial charge in [0.15, 0.2) is 0 Å². The summed E-state index contributed by atoms with van der Waals surface area (Å²) in [6.45, 7) is 2.34. The maximum Gasteiger partial charge on any atom is 0.411 e. The van der Waals surface area contributed by atoms with E-state index in [1.54, 1.807) is 0 Å². The van der Waals surface area contributed by atoms with Gasteiger partial charge < -0.3 is 9.30 Å². The number of rotatable bonds is 7. The second-order valence-corrected chi connectivity index (χ2v) is 7.22. The van der Waals surface area contributed by atoms with Gasteiger partial charge in [-0.05, 0) is 5.92 Å². The van der Waals surface area contributed by atoms with Gasteiger partial charge in [-0.2, -0.15) is 13.2 Å². The van der Waals surface area contributed by atoms with Crippen LogP contribution in [0.4, 0.5) is 13.2 Å². The summed E-state index contributed by atoms with van der Waals surface area (Å²) in [4.78, 5) is 0. The Morgan fingerprint density at radius 3 is 2.43 bits per heavy atom. The van der Waals surface area contributed by atoms with E-state index in [2.05, 4.69) is 14.9 Å². The van der Waals surface area contributed by atoms with E-state index in [9.17, 15) is 21.6 Å². The first-order valence-electron chi connectivity index (χ1n) is 6.02. The molecule has 0 aromatic carbocycles. The Kier molecular flexibility index (Phi) is 6.00. The molecule has 0 N–H and O–H groups in total. The average molecular weight is 350 g/mol. The van der Waals surface area contributed by atoms with Crippen molar-refractivity contribution in [3.8, 4) is 0 Å². The summed E-state index contributed by atoms with van der Waals surface area (Å²) < 4.78 is 64.3. The molecule has 0 bridgehead atoms. The van der Waals surface area contributed by atoms with Gasteiger partial charge >= 0.3 is 6.18 Å². The fraction of sp³-hybridized carbons (Fsp3) is 0.800. The standard InChI is InChI=1S/C10H15ClF3N3O3S/c1-7(2)5-17-8(3-4-20-6-10(12,13)14)15-16-9(17)21(11,18)19/h7H,3-6H2,1-2H3. The summed E-state index contributed by atoms with van der Waals surface area (Å²) in [6, 6.07) is 0. The van der Waals surface area contributed by atoms with Crippen molar-refractivity contribution < 1.29 is 26.3 Å². The molecule has 1 aromatic rings. The number of ether oxygens (including phenoxy) is 1. The van der Waals surface area contributed by atoms with Gasteiger partial charge in [0, 0.05) is 23.6 Å². The van der Waals surface area contributed by atoms with Crippen molar-refractivity contribution in [1.29, 1.82) is 0 Å². The van der Waals surface area contributed by atoms with Crippen molar-refractivity contribution in [3.05, 3.63) is 5.82 Å². The molecular weight excluding hydrogens is 335 g/mol. The van der Waals surface area contributed by atoms with Crippen molar-refractivity contribution >= 4 is 19.7 Å². The molecule has 122 valence electrons. The maximum atomic E-state index is 11.9. The lowest BCUT2D eigenvalue weighted by molar-refractivity contribution is -0.173. The summed E-state index contributed by atoms with van der Waals surface area (Å²) >= 11 is 0. The lowest BCUT2D eigenvalue weighted by Gasteiger charge is -2.12. The number of alkyl halides is 3. The Labute approximate surface area is 124 Å². The van der Waals surface area contributed by atoms with Crippen molar-refractivity contribution in [2.45, 2.75) is 38.1 Å². The first-order chi connectivity index (χ1) is 9.50. The fourth-order valence-electron chi connectivity index (χ4n) is 1.58. The summed E-state index contributed by atoms with van der Waals surface area (Å²) in [5.41, 5.74) is 0. The SMILES string of the molecule is CC(C)Cn1c(CCOCC(F)(F)F)nnc1S(=O)(=O)Cl. The van der Waals surface area contributed by atoms with Crippen molar-refractivity contribution in [2.75, 3.05) is 13.2 Å². The van der Waals surface area contributed by atoms with Gasteiger partial charge in [-0.15, -0.1) is 10.2 Å². The van der Waals surface area contributed by atoms with Crippen molar-refractivity contribution in [2.24, 2.45) is 5.92 Å². The van der Waals surface area contributed by atoms with Crippen LogP contribution in [0.2, 0.25) is 0 Å². The van der Waals surface area contributed by atoms with Crippen LogP contribution < -0.4 is 0 Å². The highest BCUT2D eigenvalue weighted by Gasteiger charge is 2.28. The van der Waals surface area contributed by atoms with E-state index in [-0.39, 0.29) is 31.3 Å². The Bertz CT molecular complexity index is 572. The third-order valence-corrected chi connectivity index (χ3v) is 3.45. The highest BCUT2D eigenvalue weighted by atomic mass is 35.7. The Morgan fingerprint density at radius 1 is 1.33 bits per heavy atom. The zero-order valence-electron chi connectivity index (χ0n) is 11.4. The molecule has 1 rings (SSSR count). The monoisotopic (exact) mass is 349 g/mol. The second-order valence-electron chi connectivity index (χ2n) is 4.76. The first kappa shape index (κ1) is 18.2. The van der Waals surface area contributed by atoms with Gasteiger partial charge in [0.1, 0.15) is 12.4 Å². The minimum atomic E-state index is -4.41. The molecule has 0 aliphatic rings. The molecular formula is C10H15ClF3N3O3S. The first-order valence-corrected chi connectivity index (χ1v) is 8.33. The summed E-state index contributed by atoms with van der Waals surface area (Å²) in [6.07, 6.45) is -4.40. The molecule has 1 aromatic heterocycles. The number of aromatic nitrogens is 3. The second kappa shape index (κ2) is 6.93. The van der Waals surface area contributed by atoms with E-state index in [1.165, 1.54) is 4.57 Å². The van der Waals surface area contributed by atoms with Gasteiger partial charge in [0.2, 0.25) is 0 Å². The predicted octanol–water partition coefficient (Wildman–Crippen LogP) is 1.98. The molecule has 21 heavy (non-hydrogen) atoms. The summed E-state index contributed by atoms with van der Waals surface area (Å²) in [5, 5.41) is 6.73. The molecule has 11 heteroatoms. The van der Waals surface area contributed by atoms with E-state index in [0.717, 1.165) is 0 Å². The molecule has 1 heterocycles. The summed E-state index contributed by atoms with van der Waals surface area (Å²) in [7, 11) is 1.18.